The van der Waals surface area contributed by atoms with E-state index in [1.165, 1.54) is 0 Å². The number of aliphatic hydroxyl groups is 1. The Morgan fingerprint density at radius 3 is 2.84 bits per heavy atom. The van der Waals surface area contributed by atoms with E-state index < -0.39 is 10.7 Å². The molecule has 0 saturated heterocycles. The van der Waals surface area contributed by atoms with Gasteiger partial charge >= 0.3 is 0 Å². The van der Waals surface area contributed by atoms with Gasteiger partial charge in [-0.2, -0.15) is 0 Å². The largest absolute Gasteiger partial charge is 0.393 e. The van der Waals surface area contributed by atoms with Gasteiger partial charge in [-0.1, -0.05) is 0 Å². The molecular weight excluding hydrogens is 319 g/mol. The van der Waals surface area contributed by atoms with Crippen LogP contribution in [0.25, 0.3) is 0 Å². The normalized spacial score (nSPS) is 22.5. The van der Waals surface area contributed by atoms with Gasteiger partial charge in [0.2, 0.25) is 0 Å². The van der Waals surface area contributed by atoms with Crippen molar-refractivity contribution in [3.63, 3.8) is 0 Å². The Balaban J connectivity index is 2.10. The van der Waals surface area contributed by atoms with Crippen LogP contribution in [-0.4, -0.2) is 22.7 Å². The van der Waals surface area contributed by atoms with Gasteiger partial charge in [-0.3, -0.25) is 10.1 Å². The number of halogens is 2. The van der Waals surface area contributed by atoms with Crippen LogP contribution >= 0.6 is 15.9 Å². The predicted octanol–water partition coefficient (Wildman–Crippen LogP) is 3.07. The van der Waals surface area contributed by atoms with Crippen molar-refractivity contribution in [3.8, 4) is 0 Å². The molecule has 19 heavy (non-hydrogen) atoms. The fourth-order valence-corrected chi connectivity index (χ4v) is 2.65. The van der Waals surface area contributed by atoms with E-state index in [2.05, 4.69) is 21.2 Å². The Hall–Kier alpha value is -1.21. The summed E-state index contributed by atoms with van der Waals surface area (Å²) >= 11 is 2.93. The molecule has 2 unspecified atom stereocenters. The van der Waals surface area contributed by atoms with Crippen molar-refractivity contribution in [1.82, 2.24) is 0 Å². The van der Waals surface area contributed by atoms with Crippen LogP contribution in [0.5, 0.6) is 0 Å². The van der Waals surface area contributed by atoms with E-state index >= 15 is 0 Å². The zero-order valence-electron chi connectivity index (χ0n) is 10.1. The highest BCUT2D eigenvalue weighted by Crippen LogP contribution is 2.32. The number of nitrogens with zero attached hydrogens (tertiary/aromatic N) is 1. The average molecular weight is 333 g/mol. The molecule has 1 aromatic rings. The topological polar surface area (TPSA) is 75.4 Å². The summed E-state index contributed by atoms with van der Waals surface area (Å²) in [5.41, 5.74) is 0.0129. The molecule has 2 rings (SSSR count). The molecule has 0 heterocycles. The lowest BCUT2D eigenvalue weighted by Crippen LogP contribution is -2.13. The summed E-state index contributed by atoms with van der Waals surface area (Å²) in [4.78, 5) is 10.4. The molecule has 1 aliphatic rings. The highest BCUT2D eigenvalue weighted by atomic mass is 79.9. The Morgan fingerprint density at radius 1 is 1.53 bits per heavy atom. The summed E-state index contributed by atoms with van der Waals surface area (Å²) in [5.74, 6) is -0.277. The third-order valence-corrected chi connectivity index (χ3v) is 3.94. The van der Waals surface area contributed by atoms with Gasteiger partial charge in [0.1, 0.15) is 11.5 Å². The lowest BCUT2D eigenvalue weighted by atomic mass is 10.1. The lowest BCUT2D eigenvalue weighted by molar-refractivity contribution is -0.384. The van der Waals surface area contributed by atoms with Gasteiger partial charge in [0.05, 0.1) is 15.5 Å². The first-order valence-electron chi connectivity index (χ1n) is 6.02. The van der Waals surface area contributed by atoms with Crippen molar-refractivity contribution < 1.29 is 14.4 Å². The van der Waals surface area contributed by atoms with Crippen LogP contribution in [0, 0.1) is 21.8 Å². The monoisotopic (exact) mass is 332 g/mol. The van der Waals surface area contributed by atoms with E-state index in [1.54, 1.807) is 0 Å². The SMILES string of the molecule is O=[N+]([O-])c1cc(Br)c(F)cc1NCC1CCC(O)C1. The molecule has 2 atom stereocenters. The molecule has 5 nitrogen and oxygen atoms in total. The zero-order chi connectivity index (χ0) is 14.0. The van der Waals surface area contributed by atoms with E-state index in [1.807, 2.05) is 0 Å². The maximum atomic E-state index is 13.4. The highest BCUT2D eigenvalue weighted by Gasteiger charge is 2.24. The van der Waals surface area contributed by atoms with Gasteiger partial charge in [-0.25, -0.2) is 4.39 Å². The summed E-state index contributed by atoms with van der Waals surface area (Å²) in [7, 11) is 0. The lowest BCUT2D eigenvalue weighted by Gasteiger charge is -2.12. The molecule has 1 saturated carbocycles. The van der Waals surface area contributed by atoms with E-state index in [-0.39, 0.29) is 27.9 Å². The fraction of sp³-hybridized carbons (Fsp3) is 0.500. The molecule has 1 fully saturated rings. The molecule has 0 radical (unpaired) electrons. The van der Waals surface area contributed by atoms with Crippen LogP contribution in [0.2, 0.25) is 0 Å². The molecule has 0 spiro atoms. The molecule has 0 aromatic heterocycles. The maximum Gasteiger partial charge on any atom is 0.293 e. The first kappa shape index (κ1) is 14.2. The van der Waals surface area contributed by atoms with Crippen LogP contribution in [0.4, 0.5) is 15.8 Å². The highest BCUT2D eigenvalue weighted by molar-refractivity contribution is 9.10. The smallest absolute Gasteiger partial charge is 0.293 e. The Labute approximate surface area is 118 Å². The van der Waals surface area contributed by atoms with Crippen molar-refractivity contribution >= 4 is 27.3 Å². The van der Waals surface area contributed by atoms with Gasteiger partial charge in [0.15, 0.2) is 0 Å². The number of nitro groups is 1. The number of anilines is 1. The number of nitrogens with one attached hydrogen (secondary N) is 1. The predicted molar refractivity (Wildman–Crippen MR) is 72.6 cm³/mol. The second-order valence-electron chi connectivity index (χ2n) is 4.75. The van der Waals surface area contributed by atoms with Gasteiger partial charge < -0.3 is 10.4 Å². The van der Waals surface area contributed by atoms with Crippen LogP contribution in [-0.2, 0) is 0 Å². The number of rotatable bonds is 4. The first-order valence-corrected chi connectivity index (χ1v) is 6.82. The minimum atomic E-state index is -0.546. The standard InChI is InChI=1S/C12H14BrFN2O3/c13-9-4-12(16(18)19)11(5-10(9)14)15-6-7-1-2-8(17)3-7/h4-5,7-8,15,17H,1-3,6H2. The molecule has 0 aliphatic heterocycles. The summed E-state index contributed by atoms with van der Waals surface area (Å²) < 4.78 is 13.5. The quantitative estimate of drug-likeness (QED) is 0.656. The molecule has 2 N–H and O–H groups in total. The fourth-order valence-electron chi connectivity index (χ4n) is 2.32. The van der Waals surface area contributed by atoms with Crippen LogP contribution < -0.4 is 5.32 Å². The summed E-state index contributed by atoms with van der Waals surface area (Å²) in [6.45, 7) is 0.499. The molecule has 1 aromatic carbocycles. The zero-order valence-corrected chi connectivity index (χ0v) is 11.7. The van der Waals surface area contributed by atoms with E-state index in [4.69, 9.17) is 0 Å². The Kier molecular flexibility index (Phi) is 4.36. The van der Waals surface area contributed by atoms with Crippen LogP contribution in [0.1, 0.15) is 19.3 Å². The summed E-state index contributed by atoms with van der Waals surface area (Å²) in [6, 6.07) is 2.27. The molecule has 104 valence electrons. The second kappa shape index (κ2) is 5.83. The first-order chi connectivity index (χ1) is 8.97. The molecule has 0 amide bonds. The van der Waals surface area contributed by atoms with Crippen molar-refractivity contribution in [3.05, 3.63) is 32.5 Å². The van der Waals surface area contributed by atoms with E-state index in [0.29, 0.717) is 13.0 Å². The average Bonchev–Trinajstić information content (AvgIpc) is 2.76. The summed E-state index contributed by atoms with van der Waals surface area (Å²) in [6.07, 6.45) is 2.02. The molecule has 7 heteroatoms. The third kappa shape index (κ3) is 3.42. The molecular formula is C12H14BrFN2O3. The van der Waals surface area contributed by atoms with Crippen molar-refractivity contribution in [1.29, 1.82) is 0 Å². The Bertz CT molecular complexity index is 498. The van der Waals surface area contributed by atoms with Gasteiger partial charge in [0.25, 0.3) is 5.69 Å². The number of aliphatic hydroxyl groups excluding tert-OH is 1. The van der Waals surface area contributed by atoms with Gasteiger partial charge in [-0.15, -0.1) is 0 Å². The van der Waals surface area contributed by atoms with Crippen molar-refractivity contribution in [2.24, 2.45) is 5.92 Å². The number of hydrogen-bond donors (Lipinski definition) is 2. The van der Waals surface area contributed by atoms with E-state index in [9.17, 15) is 19.6 Å². The second-order valence-corrected chi connectivity index (χ2v) is 5.61. The molecule has 1 aliphatic carbocycles. The van der Waals surface area contributed by atoms with Crippen molar-refractivity contribution in [2.45, 2.75) is 25.4 Å². The number of benzene rings is 1. The minimum absolute atomic E-state index is 0.0704. The van der Waals surface area contributed by atoms with Crippen LogP contribution in [0.3, 0.4) is 0 Å². The molecule has 0 bridgehead atoms. The van der Waals surface area contributed by atoms with E-state index in [0.717, 1.165) is 25.0 Å². The maximum absolute atomic E-state index is 13.4. The summed E-state index contributed by atoms with van der Waals surface area (Å²) in [5, 5.41) is 23.2. The minimum Gasteiger partial charge on any atom is -0.393 e. The van der Waals surface area contributed by atoms with Crippen LogP contribution in [0.15, 0.2) is 16.6 Å². The Morgan fingerprint density at radius 2 is 2.26 bits per heavy atom. The number of nitro benzene ring substituents is 1. The van der Waals surface area contributed by atoms with Gasteiger partial charge in [-0.05, 0) is 41.1 Å². The van der Waals surface area contributed by atoms with Gasteiger partial charge in [0, 0.05) is 18.7 Å². The van der Waals surface area contributed by atoms with Crippen molar-refractivity contribution in [2.75, 3.05) is 11.9 Å². The number of hydrogen-bond acceptors (Lipinski definition) is 4. The third-order valence-electron chi connectivity index (χ3n) is 3.33.